The second-order valence-electron chi connectivity index (χ2n) is 5.74. The number of hydrogen-bond donors (Lipinski definition) is 2. The number of aliphatic hydroxyl groups excluding tert-OH is 1. The van der Waals surface area contributed by atoms with E-state index in [1.165, 1.54) is 0 Å². The molecule has 0 aromatic heterocycles. The highest BCUT2D eigenvalue weighted by atomic mass is 32.2. The average molecular weight is 290 g/mol. The molecule has 3 nitrogen and oxygen atoms in total. The van der Waals surface area contributed by atoms with E-state index in [-0.39, 0.29) is 12.1 Å². The van der Waals surface area contributed by atoms with E-state index in [1.807, 2.05) is 24.5 Å². The molecule has 0 saturated heterocycles. The average Bonchev–Trinajstić information content (AvgIpc) is 2.49. The second kappa shape index (κ2) is 6.51. The van der Waals surface area contributed by atoms with Gasteiger partial charge in [0, 0.05) is 4.90 Å². The van der Waals surface area contributed by atoms with Gasteiger partial charge in [-0.05, 0) is 50.0 Å². The third kappa shape index (κ3) is 3.11. The van der Waals surface area contributed by atoms with E-state index >= 15 is 0 Å². The molecular formula is C16H22N2OS. The molecule has 0 aliphatic heterocycles. The van der Waals surface area contributed by atoms with Gasteiger partial charge in [-0.2, -0.15) is 5.26 Å². The van der Waals surface area contributed by atoms with Gasteiger partial charge in [-0.1, -0.05) is 13.0 Å². The maximum absolute atomic E-state index is 9.83. The predicted octanol–water partition coefficient (Wildman–Crippen LogP) is 3.63. The molecule has 1 aliphatic carbocycles. The van der Waals surface area contributed by atoms with Crippen LogP contribution in [0.2, 0.25) is 0 Å². The Morgan fingerprint density at radius 2 is 2.15 bits per heavy atom. The predicted molar refractivity (Wildman–Crippen MR) is 84.0 cm³/mol. The summed E-state index contributed by atoms with van der Waals surface area (Å²) < 4.78 is 0. The number of aliphatic hydroxyl groups is 1. The van der Waals surface area contributed by atoms with Gasteiger partial charge in [-0.25, -0.2) is 0 Å². The van der Waals surface area contributed by atoms with Crippen LogP contribution in [0.4, 0.5) is 5.69 Å². The molecule has 2 N–H and O–H groups in total. The lowest BCUT2D eigenvalue weighted by Crippen LogP contribution is -2.45. The highest BCUT2D eigenvalue weighted by molar-refractivity contribution is 7.98. The van der Waals surface area contributed by atoms with Crippen LogP contribution in [0.15, 0.2) is 23.1 Å². The zero-order chi connectivity index (χ0) is 14.6. The summed E-state index contributed by atoms with van der Waals surface area (Å²) in [6, 6.07) is 8.15. The van der Waals surface area contributed by atoms with Crippen LogP contribution in [0.1, 0.15) is 38.2 Å². The quantitative estimate of drug-likeness (QED) is 0.831. The zero-order valence-corrected chi connectivity index (χ0v) is 13.0. The Balaban J connectivity index is 2.26. The van der Waals surface area contributed by atoms with E-state index < -0.39 is 0 Å². The fourth-order valence-corrected chi connectivity index (χ4v) is 3.42. The Morgan fingerprint density at radius 1 is 1.45 bits per heavy atom. The minimum atomic E-state index is -0.269. The summed E-state index contributed by atoms with van der Waals surface area (Å²) in [7, 11) is 0. The first-order valence-electron chi connectivity index (χ1n) is 7.10. The molecule has 0 bridgehead atoms. The van der Waals surface area contributed by atoms with Crippen molar-refractivity contribution in [2.75, 3.05) is 18.2 Å². The summed E-state index contributed by atoms with van der Waals surface area (Å²) in [5.74, 6) is 0.726. The lowest BCUT2D eigenvalue weighted by atomic mass is 9.77. The number of nitrogens with one attached hydrogen (secondary N) is 1. The minimum absolute atomic E-state index is 0.119. The van der Waals surface area contributed by atoms with Gasteiger partial charge in [0.15, 0.2) is 0 Å². The molecule has 4 heteroatoms. The highest BCUT2D eigenvalue weighted by Gasteiger charge is 2.34. The third-order valence-corrected chi connectivity index (χ3v) is 5.07. The Bertz CT molecular complexity index is 502. The molecular weight excluding hydrogens is 268 g/mol. The van der Waals surface area contributed by atoms with E-state index in [0.717, 1.165) is 42.2 Å². The van der Waals surface area contributed by atoms with Crippen molar-refractivity contribution in [2.45, 2.75) is 43.0 Å². The molecule has 1 aromatic carbocycles. The number of nitriles is 1. The monoisotopic (exact) mass is 290 g/mol. The van der Waals surface area contributed by atoms with Gasteiger partial charge in [0.2, 0.25) is 0 Å². The third-order valence-electron chi connectivity index (χ3n) is 4.29. The molecule has 1 aliphatic rings. The largest absolute Gasteiger partial charge is 0.394 e. The van der Waals surface area contributed by atoms with Crippen molar-refractivity contribution in [3.8, 4) is 6.07 Å². The number of thioether (sulfide) groups is 1. The number of nitrogens with zero attached hydrogens (tertiary/aromatic N) is 1. The van der Waals surface area contributed by atoms with Gasteiger partial charge >= 0.3 is 0 Å². The second-order valence-corrected chi connectivity index (χ2v) is 6.59. The number of benzene rings is 1. The summed E-state index contributed by atoms with van der Waals surface area (Å²) in [5, 5.41) is 22.7. The first-order chi connectivity index (χ1) is 9.64. The Hall–Kier alpha value is -1.18. The molecule has 1 aromatic rings. The molecule has 0 spiro atoms. The van der Waals surface area contributed by atoms with Crippen molar-refractivity contribution in [3.05, 3.63) is 23.8 Å². The maximum atomic E-state index is 9.83. The summed E-state index contributed by atoms with van der Waals surface area (Å²) >= 11 is 1.58. The normalized spacial score (nSPS) is 26.0. The molecule has 0 unspecified atom stereocenters. The zero-order valence-electron chi connectivity index (χ0n) is 12.1. The van der Waals surface area contributed by atoms with E-state index in [9.17, 15) is 10.4 Å². The molecule has 20 heavy (non-hydrogen) atoms. The van der Waals surface area contributed by atoms with Gasteiger partial charge in [0.25, 0.3) is 0 Å². The first-order valence-corrected chi connectivity index (χ1v) is 8.33. The molecule has 0 heterocycles. The lowest BCUT2D eigenvalue weighted by Gasteiger charge is -2.39. The van der Waals surface area contributed by atoms with Crippen LogP contribution < -0.4 is 5.32 Å². The van der Waals surface area contributed by atoms with E-state index in [1.54, 1.807) is 11.8 Å². The molecule has 0 atom stereocenters. The van der Waals surface area contributed by atoms with Crippen molar-refractivity contribution in [2.24, 2.45) is 5.92 Å². The van der Waals surface area contributed by atoms with Crippen molar-refractivity contribution in [1.82, 2.24) is 0 Å². The van der Waals surface area contributed by atoms with Crippen LogP contribution in [-0.4, -0.2) is 23.5 Å². The van der Waals surface area contributed by atoms with Gasteiger partial charge in [0.1, 0.15) is 6.07 Å². The van der Waals surface area contributed by atoms with Crippen LogP contribution in [0.5, 0.6) is 0 Å². The maximum Gasteiger partial charge on any atom is 0.102 e. The fourth-order valence-electron chi connectivity index (χ4n) is 2.84. The highest BCUT2D eigenvalue weighted by Crippen LogP contribution is 2.36. The van der Waals surface area contributed by atoms with Crippen LogP contribution in [0.3, 0.4) is 0 Å². The summed E-state index contributed by atoms with van der Waals surface area (Å²) in [5.41, 5.74) is 1.27. The summed E-state index contributed by atoms with van der Waals surface area (Å²) in [6.07, 6.45) is 6.14. The fraction of sp³-hybridized carbons (Fsp3) is 0.562. The standard InChI is InChI=1S/C16H22N2OS/c1-12-6-8-16(11-19,9-7-12)18-14-4-3-5-15(20-2)13(14)10-17/h3-5,12,18-19H,6-9,11H2,1-2H3. The van der Waals surface area contributed by atoms with Crippen molar-refractivity contribution < 1.29 is 5.11 Å². The van der Waals surface area contributed by atoms with Crippen LogP contribution in [-0.2, 0) is 0 Å². The van der Waals surface area contributed by atoms with Crippen molar-refractivity contribution in [1.29, 1.82) is 5.26 Å². The Kier molecular flexibility index (Phi) is 4.95. The molecule has 108 valence electrons. The van der Waals surface area contributed by atoms with Crippen molar-refractivity contribution in [3.63, 3.8) is 0 Å². The van der Waals surface area contributed by atoms with Gasteiger partial charge in [-0.3, -0.25) is 0 Å². The van der Waals surface area contributed by atoms with E-state index in [4.69, 9.17) is 0 Å². The molecule has 0 amide bonds. The van der Waals surface area contributed by atoms with Gasteiger partial charge < -0.3 is 10.4 Å². The molecule has 2 rings (SSSR count). The van der Waals surface area contributed by atoms with Gasteiger partial charge in [-0.15, -0.1) is 11.8 Å². The summed E-state index contributed by atoms with van der Waals surface area (Å²) in [4.78, 5) is 0.981. The molecule has 1 fully saturated rings. The number of anilines is 1. The Labute approximate surface area is 125 Å². The first kappa shape index (κ1) is 15.2. The molecule has 1 saturated carbocycles. The van der Waals surface area contributed by atoms with Crippen LogP contribution >= 0.6 is 11.8 Å². The summed E-state index contributed by atoms with van der Waals surface area (Å²) in [6.45, 7) is 2.38. The number of rotatable bonds is 4. The van der Waals surface area contributed by atoms with E-state index in [0.29, 0.717) is 5.56 Å². The Morgan fingerprint density at radius 3 is 2.70 bits per heavy atom. The SMILES string of the molecule is CSc1cccc(NC2(CO)CCC(C)CC2)c1C#N. The van der Waals surface area contributed by atoms with E-state index in [2.05, 4.69) is 18.3 Å². The van der Waals surface area contributed by atoms with Crippen LogP contribution in [0, 0.1) is 17.2 Å². The van der Waals surface area contributed by atoms with Crippen molar-refractivity contribution >= 4 is 17.4 Å². The lowest BCUT2D eigenvalue weighted by molar-refractivity contribution is 0.155. The molecule has 0 radical (unpaired) electrons. The minimum Gasteiger partial charge on any atom is -0.394 e. The van der Waals surface area contributed by atoms with Gasteiger partial charge in [0.05, 0.1) is 23.4 Å². The topological polar surface area (TPSA) is 56.0 Å². The number of hydrogen-bond acceptors (Lipinski definition) is 4. The van der Waals surface area contributed by atoms with Crippen LogP contribution in [0.25, 0.3) is 0 Å². The smallest absolute Gasteiger partial charge is 0.102 e.